The van der Waals surface area contributed by atoms with Crippen LogP contribution in [-0.2, 0) is 11.3 Å². The zero-order chi connectivity index (χ0) is 12.3. The second-order valence-electron chi connectivity index (χ2n) is 4.96. The molecule has 1 unspecified atom stereocenters. The fourth-order valence-corrected chi connectivity index (χ4v) is 2.30. The van der Waals surface area contributed by atoms with E-state index in [1.807, 2.05) is 13.0 Å². The second kappa shape index (κ2) is 5.87. The van der Waals surface area contributed by atoms with Crippen LogP contribution in [0, 0.1) is 5.92 Å². The molecule has 0 spiro atoms. The molecule has 0 aromatic heterocycles. The normalized spacial score (nSPS) is 21.3. The van der Waals surface area contributed by atoms with Gasteiger partial charge in [0.2, 0.25) is 0 Å². The maximum Gasteiger partial charge on any atom is 0.0235 e. The molecule has 1 aromatic carbocycles. The van der Waals surface area contributed by atoms with Gasteiger partial charge in [-0.05, 0) is 25.5 Å². The Bertz CT molecular complexity index is 379. The van der Waals surface area contributed by atoms with E-state index in [2.05, 4.69) is 36.1 Å². The molecular formula is C15H20LrNO-. The minimum Gasteiger partial charge on any atom is -0.334 e. The van der Waals surface area contributed by atoms with Crippen molar-refractivity contribution in [3.05, 3.63) is 41.8 Å². The van der Waals surface area contributed by atoms with E-state index in [1.54, 1.807) is 0 Å². The van der Waals surface area contributed by atoms with Gasteiger partial charge in [0.15, 0.2) is 0 Å². The summed E-state index contributed by atoms with van der Waals surface area (Å²) in [7, 11) is 0. The Morgan fingerprint density at radius 3 is 2.67 bits per heavy atom. The van der Waals surface area contributed by atoms with E-state index in [0.29, 0.717) is 18.2 Å². The van der Waals surface area contributed by atoms with Gasteiger partial charge in [-0.1, -0.05) is 30.3 Å². The molecule has 1 atom stereocenters. The summed E-state index contributed by atoms with van der Waals surface area (Å²) in [6, 6.07) is 10.8. The monoisotopic (exact) mass is 492 g/mol. The summed E-state index contributed by atoms with van der Waals surface area (Å²) in [6.07, 6.45) is 1.58. The van der Waals surface area contributed by atoms with Gasteiger partial charge in [0.25, 0.3) is 0 Å². The second-order valence-corrected chi connectivity index (χ2v) is 4.96. The number of hydrogen-bond donors (Lipinski definition) is 0. The molecule has 0 saturated carbocycles. The van der Waals surface area contributed by atoms with Crippen molar-refractivity contribution in [3.63, 3.8) is 0 Å². The van der Waals surface area contributed by atoms with Crippen LogP contribution >= 0.6 is 0 Å². The Balaban J connectivity index is 0.00000162. The first-order chi connectivity index (χ1) is 8.16. The van der Waals surface area contributed by atoms with Gasteiger partial charge in [0.05, 0.1) is 0 Å². The van der Waals surface area contributed by atoms with Crippen LogP contribution in [0.1, 0.15) is 32.3 Å². The third-order valence-corrected chi connectivity index (χ3v) is 3.58. The molecule has 1 aliphatic rings. The van der Waals surface area contributed by atoms with Crippen LogP contribution in [0.2, 0.25) is 0 Å². The molecule has 1 heterocycles. The third-order valence-electron chi connectivity index (χ3n) is 3.58. The quantitative estimate of drug-likeness (QED) is 0.593. The van der Waals surface area contributed by atoms with E-state index in [9.17, 15) is 4.79 Å². The van der Waals surface area contributed by atoms with Crippen molar-refractivity contribution in [1.29, 1.82) is 0 Å². The third kappa shape index (κ3) is 3.11. The summed E-state index contributed by atoms with van der Waals surface area (Å²) in [5.41, 5.74) is 1.33. The number of nitrogens with zero attached hydrogens (tertiary/aromatic N) is 1. The smallest absolute Gasteiger partial charge is 0.0235 e. The van der Waals surface area contributed by atoms with Gasteiger partial charge in [-0.3, -0.25) is 4.90 Å². The standard InChI is InChI=1S/C15H20NO.Lr/c1-12-8-9-16(13(2)10-15(12)17)11-14-6-4-3-5-7-14;/h3-7,13H,8-11H2,1-2H3;/q-1;. The average molecular weight is 492 g/mol. The zero-order valence-electron chi connectivity index (χ0n) is 10.9. The molecule has 2 nitrogen and oxygen atoms in total. The fourth-order valence-electron chi connectivity index (χ4n) is 2.30. The van der Waals surface area contributed by atoms with Gasteiger partial charge in [0.1, 0.15) is 0 Å². The molecule has 107 valence electrons. The zero-order valence-corrected chi connectivity index (χ0v) is 13.1. The summed E-state index contributed by atoms with van der Waals surface area (Å²) >= 11 is 0. The SMILES string of the molecule is C[C-]1CCN(Cc2ccccc2)C(C)CC1=O.[Lr]. The van der Waals surface area contributed by atoms with Gasteiger partial charge >= 0.3 is 0 Å². The van der Waals surface area contributed by atoms with Crippen LogP contribution in [0.4, 0.5) is 0 Å². The number of rotatable bonds is 2. The summed E-state index contributed by atoms with van der Waals surface area (Å²) in [4.78, 5) is 14.2. The van der Waals surface area contributed by atoms with Gasteiger partial charge in [-0.2, -0.15) is 6.92 Å². The van der Waals surface area contributed by atoms with Crippen LogP contribution < -0.4 is 0 Å². The Labute approximate surface area is 104 Å². The van der Waals surface area contributed by atoms with Crippen LogP contribution in [0.25, 0.3) is 0 Å². The van der Waals surface area contributed by atoms with Crippen LogP contribution in [-0.4, -0.2) is 23.3 Å². The largest absolute Gasteiger partial charge is 0.334 e. The van der Waals surface area contributed by atoms with Crippen molar-refractivity contribution in [2.24, 2.45) is 0 Å². The predicted octanol–water partition coefficient (Wildman–Crippen LogP) is 2.83. The number of hydrogen-bond acceptors (Lipinski definition) is 2. The molecule has 1 fully saturated rings. The molecule has 0 bridgehead atoms. The van der Waals surface area contributed by atoms with Crippen molar-refractivity contribution < 1.29 is 4.79 Å². The minimum absolute atomic E-state index is 0. The number of likely N-dealkylation sites (tertiary alicyclic amines) is 1. The molecule has 1 saturated heterocycles. The van der Waals surface area contributed by atoms with Crippen molar-refractivity contribution in [3.8, 4) is 0 Å². The average Bonchev–Trinajstić information content (AvgIpc) is 2.44. The predicted molar refractivity (Wildman–Crippen MR) is 69.5 cm³/mol. The van der Waals surface area contributed by atoms with Crippen LogP contribution in [0.3, 0.4) is 0 Å². The number of ketones is 1. The first-order valence-corrected chi connectivity index (χ1v) is 6.30. The number of carbonyl (C=O) groups is 1. The van der Waals surface area contributed by atoms with Gasteiger partial charge in [-0.15, -0.1) is 6.42 Å². The Hall–Kier alpha value is -2.28. The van der Waals surface area contributed by atoms with Crippen molar-refractivity contribution >= 4 is 5.78 Å². The molecule has 0 aliphatic carbocycles. The summed E-state index contributed by atoms with van der Waals surface area (Å²) in [5, 5.41) is 0. The maximum atomic E-state index is 11.8. The van der Waals surface area contributed by atoms with Crippen LogP contribution in [0.15, 0.2) is 30.3 Å². The van der Waals surface area contributed by atoms with E-state index >= 15 is 0 Å². The van der Waals surface area contributed by atoms with Crippen LogP contribution in [0.5, 0.6) is 0 Å². The van der Waals surface area contributed by atoms with E-state index in [1.165, 1.54) is 5.56 Å². The molecule has 3 heteroatoms. The molecule has 18 heavy (non-hydrogen) atoms. The molecule has 1 aromatic rings. The van der Waals surface area contributed by atoms with Gasteiger partial charge < -0.3 is 10.7 Å². The first-order valence-electron chi connectivity index (χ1n) is 6.30. The molecule has 0 N–H and O–H groups in total. The molecule has 2 rings (SSSR count). The van der Waals surface area contributed by atoms with E-state index < -0.39 is 0 Å². The number of carbonyl (C=O) groups excluding carboxylic acids is 1. The molecule has 1 radical (unpaired) electrons. The van der Waals surface area contributed by atoms with Gasteiger partial charge in [-0.25, -0.2) is 0 Å². The molecule has 1 aliphatic heterocycles. The fraction of sp³-hybridized carbons (Fsp3) is 0.467. The molecule has 0 amide bonds. The molecular weight excluding hydrogens is 472 g/mol. The van der Waals surface area contributed by atoms with E-state index in [4.69, 9.17) is 0 Å². The summed E-state index contributed by atoms with van der Waals surface area (Å²) in [6.45, 7) is 6.07. The van der Waals surface area contributed by atoms with E-state index in [0.717, 1.165) is 25.4 Å². The maximum absolute atomic E-state index is 11.8. The van der Waals surface area contributed by atoms with Crippen molar-refractivity contribution in [2.45, 2.75) is 39.3 Å². The number of benzene rings is 1. The Morgan fingerprint density at radius 1 is 1.33 bits per heavy atom. The number of Topliss-reactive ketones (excluding diaryl/α,β-unsaturated/α-hetero) is 1. The topological polar surface area (TPSA) is 20.3 Å². The minimum atomic E-state index is 0. The van der Waals surface area contributed by atoms with Crippen molar-refractivity contribution in [2.75, 3.05) is 6.54 Å². The van der Waals surface area contributed by atoms with E-state index in [-0.39, 0.29) is 0 Å². The first kappa shape index (κ1) is 13.8. The Kier molecular flexibility index (Phi) is 4.50. The summed E-state index contributed by atoms with van der Waals surface area (Å²) in [5.74, 6) is 1.38. The van der Waals surface area contributed by atoms with Gasteiger partial charge in [0, 0.05) is 18.4 Å². The Morgan fingerprint density at radius 2 is 2.00 bits per heavy atom. The van der Waals surface area contributed by atoms with Crippen molar-refractivity contribution in [1.82, 2.24) is 4.90 Å². The summed E-state index contributed by atoms with van der Waals surface area (Å²) < 4.78 is 0.